The van der Waals surface area contributed by atoms with Gasteiger partial charge in [0.05, 0.1) is 11.4 Å². The smallest absolute Gasteiger partial charge is 0.311 e. The average molecular weight is 372 g/mol. The van der Waals surface area contributed by atoms with Crippen LogP contribution >= 0.6 is 12.2 Å². The maximum Gasteiger partial charge on any atom is 0.311 e. The van der Waals surface area contributed by atoms with Crippen LogP contribution in [-0.2, 0) is 4.79 Å². The molecule has 0 atom stereocenters. The van der Waals surface area contributed by atoms with Crippen LogP contribution in [0.2, 0.25) is 0 Å². The summed E-state index contributed by atoms with van der Waals surface area (Å²) in [5.41, 5.74) is 0.959. The fourth-order valence-corrected chi connectivity index (χ4v) is 3.28. The highest BCUT2D eigenvalue weighted by atomic mass is 32.1. The molecule has 2 rings (SSSR count). The second-order valence-corrected chi connectivity index (χ2v) is 9.65. The molecule has 3 nitrogen and oxygen atoms in total. The maximum atomic E-state index is 12.2. The minimum Gasteiger partial charge on any atom is -0.426 e. The normalized spacial score (nSPS) is 12.1. The Bertz CT molecular complexity index is 744. The van der Waals surface area contributed by atoms with Crippen LogP contribution in [0.25, 0.3) is 10.8 Å². The van der Waals surface area contributed by atoms with E-state index in [2.05, 4.69) is 26.1 Å². The molecule has 2 aromatic carbocycles. The zero-order valence-electron chi connectivity index (χ0n) is 16.6. The molecular formula is C22H29NO2S. The van der Waals surface area contributed by atoms with Gasteiger partial charge in [0.1, 0.15) is 5.75 Å². The molecule has 0 aliphatic carbocycles. The lowest BCUT2D eigenvalue weighted by molar-refractivity contribution is -0.136. The van der Waals surface area contributed by atoms with Gasteiger partial charge in [-0.25, -0.2) is 0 Å². The molecule has 0 amide bonds. The van der Waals surface area contributed by atoms with E-state index >= 15 is 0 Å². The second-order valence-electron chi connectivity index (χ2n) is 9.15. The summed E-state index contributed by atoms with van der Waals surface area (Å²) in [4.78, 5) is 13.0. The summed E-state index contributed by atoms with van der Waals surface area (Å²) in [5.74, 6) is 0.369. The van der Waals surface area contributed by atoms with Crippen LogP contribution in [0.5, 0.6) is 5.75 Å². The molecule has 1 N–H and O–H groups in total. The second kappa shape index (κ2) is 7.75. The molecule has 0 saturated heterocycles. The van der Waals surface area contributed by atoms with Crippen LogP contribution in [0.1, 0.15) is 54.4 Å². The van der Waals surface area contributed by atoms with Crippen LogP contribution in [0, 0.1) is 10.8 Å². The number of thiocarbonyl (C=S) groups is 1. The van der Waals surface area contributed by atoms with Crippen molar-refractivity contribution in [2.45, 2.75) is 54.4 Å². The van der Waals surface area contributed by atoms with Crippen LogP contribution in [-0.4, -0.2) is 11.0 Å². The highest BCUT2D eigenvalue weighted by Crippen LogP contribution is 2.33. The van der Waals surface area contributed by atoms with E-state index in [0.29, 0.717) is 12.2 Å². The highest BCUT2D eigenvalue weighted by molar-refractivity contribution is 7.80. The van der Waals surface area contributed by atoms with Gasteiger partial charge in [-0.05, 0) is 23.0 Å². The minimum absolute atomic E-state index is 0.104. The van der Waals surface area contributed by atoms with Crippen molar-refractivity contribution in [1.29, 1.82) is 0 Å². The first-order chi connectivity index (χ1) is 11.9. The maximum absolute atomic E-state index is 12.2. The van der Waals surface area contributed by atoms with E-state index in [1.807, 2.05) is 57.2 Å². The number of anilines is 1. The summed E-state index contributed by atoms with van der Waals surface area (Å²) in [5, 5.41) is 5.24. The Hall–Kier alpha value is -1.94. The third kappa shape index (κ3) is 6.10. The van der Waals surface area contributed by atoms with Crippen LogP contribution in [0.3, 0.4) is 0 Å². The standard InChI is InChI=1S/C22H29NO2S/c1-21(2,3)13-19(26)23-17-11-12-18(16-10-8-7-9-15(16)17)25-20(24)14-22(4,5)6/h7-12H,13-14H2,1-6H3,(H,23,26). The summed E-state index contributed by atoms with van der Waals surface area (Å²) >= 11 is 5.51. The lowest BCUT2D eigenvalue weighted by Crippen LogP contribution is -2.19. The van der Waals surface area contributed by atoms with Crippen LogP contribution in [0.4, 0.5) is 5.69 Å². The fraction of sp³-hybridized carbons (Fsp3) is 0.455. The number of carbonyl (C=O) groups is 1. The predicted molar refractivity (Wildman–Crippen MR) is 114 cm³/mol. The van der Waals surface area contributed by atoms with Gasteiger partial charge in [-0.3, -0.25) is 4.79 Å². The SMILES string of the molecule is CC(C)(C)CC(=O)Oc1ccc(NC(=S)CC(C)(C)C)c2ccccc12. The number of fused-ring (bicyclic) bond motifs is 1. The number of hydrogen-bond donors (Lipinski definition) is 1. The van der Waals surface area contributed by atoms with Crippen molar-refractivity contribution in [2.75, 3.05) is 5.32 Å². The fourth-order valence-electron chi connectivity index (χ4n) is 2.74. The van der Waals surface area contributed by atoms with Crippen molar-refractivity contribution in [3.8, 4) is 5.75 Å². The Kier molecular flexibility index (Phi) is 6.07. The Morgan fingerprint density at radius 1 is 0.923 bits per heavy atom. The topological polar surface area (TPSA) is 38.3 Å². The molecule has 0 saturated carbocycles. The molecule has 0 bridgehead atoms. The molecule has 4 heteroatoms. The zero-order chi connectivity index (χ0) is 19.5. The Labute approximate surface area is 162 Å². The van der Waals surface area contributed by atoms with Gasteiger partial charge >= 0.3 is 5.97 Å². The summed E-state index contributed by atoms with van der Waals surface area (Å²) in [7, 11) is 0. The molecule has 0 unspecified atom stereocenters. The quantitative estimate of drug-likeness (QED) is 0.386. The van der Waals surface area contributed by atoms with Gasteiger partial charge in [0, 0.05) is 22.9 Å². The third-order valence-corrected chi connectivity index (χ3v) is 3.99. The van der Waals surface area contributed by atoms with Crippen molar-refractivity contribution in [3.05, 3.63) is 36.4 Å². The summed E-state index contributed by atoms with van der Waals surface area (Å²) in [6.07, 6.45) is 1.18. The van der Waals surface area contributed by atoms with E-state index in [-0.39, 0.29) is 16.8 Å². The zero-order valence-corrected chi connectivity index (χ0v) is 17.4. The van der Waals surface area contributed by atoms with E-state index < -0.39 is 0 Å². The van der Waals surface area contributed by atoms with Gasteiger partial charge in [-0.1, -0.05) is 78.0 Å². The lowest BCUT2D eigenvalue weighted by Gasteiger charge is -2.21. The third-order valence-electron chi connectivity index (χ3n) is 3.75. The van der Waals surface area contributed by atoms with Crippen molar-refractivity contribution in [2.24, 2.45) is 10.8 Å². The van der Waals surface area contributed by atoms with Crippen LogP contribution < -0.4 is 10.1 Å². The molecule has 0 fully saturated rings. The number of nitrogens with one attached hydrogen (secondary N) is 1. The average Bonchev–Trinajstić information content (AvgIpc) is 2.46. The predicted octanol–water partition coefficient (Wildman–Crippen LogP) is 6.36. The first kappa shape index (κ1) is 20.4. The molecule has 140 valence electrons. The van der Waals surface area contributed by atoms with E-state index in [4.69, 9.17) is 17.0 Å². The van der Waals surface area contributed by atoms with Gasteiger partial charge in [0.15, 0.2) is 0 Å². The van der Waals surface area contributed by atoms with Gasteiger partial charge in [0.25, 0.3) is 0 Å². The van der Waals surface area contributed by atoms with Crippen molar-refractivity contribution in [1.82, 2.24) is 0 Å². The van der Waals surface area contributed by atoms with Crippen LogP contribution in [0.15, 0.2) is 36.4 Å². The van der Waals surface area contributed by atoms with Gasteiger partial charge in [-0.2, -0.15) is 0 Å². The summed E-state index contributed by atoms with van der Waals surface area (Å²) in [6, 6.07) is 11.7. The molecular weight excluding hydrogens is 342 g/mol. The number of carbonyl (C=O) groups excluding carboxylic acids is 1. The molecule has 26 heavy (non-hydrogen) atoms. The minimum atomic E-state index is -0.216. The number of hydrogen-bond acceptors (Lipinski definition) is 3. The molecule has 0 aliphatic rings. The lowest BCUT2D eigenvalue weighted by atomic mass is 9.92. The molecule has 0 aliphatic heterocycles. The monoisotopic (exact) mass is 371 g/mol. The van der Waals surface area contributed by atoms with Gasteiger partial charge in [-0.15, -0.1) is 0 Å². The molecule has 0 heterocycles. The van der Waals surface area contributed by atoms with Crippen molar-refractivity contribution >= 4 is 39.6 Å². The highest BCUT2D eigenvalue weighted by Gasteiger charge is 2.19. The molecule has 0 radical (unpaired) electrons. The van der Waals surface area contributed by atoms with E-state index in [9.17, 15) is 4.79 Å². The Balaban J connectivity index is 2.28. The number of esters is 1. The van der Waals surface area contributed by atoms with Gasteiger partial charge < -0.3 is 10.1 Å². The van der Waals surface area contributed by atoms with E-state index in [0.717, 1.165) is 27.9 Å². The number of rotatable bonds is 4. The Morgan fingerprint density at radius 3 is 2.08 bits per heavy atom. The molecule has 0 spiro atoms. The number of benzene rings is 2. The largest absolute Gasteiger partial charge is 0.426 e. The first-order valence-electron chi connectivity index (χ1n) is 8.97. The number of ether oxygens (including phenoxy) is 1. The first-order valence-corrected chi connectivity index (χ1v) is 9.38. The van der Waals surface area contributed by atoms with Crippen molar-refractivity contribution < 1.29 is 9.53 Å². The summed E-state index contributed by atoms with van der Waals surface area (Å²) in [6.45, 7) is 12.6. The Morgan fingerprint density at radius 2 is 1.50 bits per heavy atom. The van der Waals surface area contributed by atoms with E-state index in [1.54, 1.807) is 0 Å². The molecule has 0 aromatic heterocycles. The van der Waals surface area contributed by atoms with Gasteiger partial charge in [0.2, 0.25) is 0 Å². The van der Waals surface area contributed by atoms with E-state index in [1.165, 1.54) is 0 Å². The van der Waals surface area contributed by atoms with Crippen molar-refractivity contribution in [3.63, 3.8) is 0 Å². The summed E-state index contributed by atoms with van der Waals surface area (Å²) < 4.78 is 5.64. The molecule has 2 aromatic rings.